The number of hydrogen-bond acceptors (Lipinski definition) is 2. The Hall–Kier alpha value is -2.37. The number of carbonyl (C=O) groups is 2. The average Bonchev–Trinajstić information content (AvgIpc) is 2.36. The fourth-order valence-corrected chi connectivity index (χ4v) is 1.31. The molecule has 0 saturated heterocycles. The fourth-order valence-electron chi connectivity index (χ4n) is 1.31. The Balaban J connectivity index is 2.72. The number of rotatable bonds is 5. The Labute approximate surface area is 110 Å². The molecule has 0 bridgehead atoms. The highest BCUT2D eigenvalue weighted by Crippen LogP contribution is 2.16. The minimum absolute atomic E-state index is 0.0427. The number of hydrogen-bond donors (Lipinski definition) is 3. The predicted molar refractivity (Wildman–Crippen MR) is 70.4 cm³/mol. The van der Waals surface area contributed by atoms with Gasteiger partial charge < -0.3 is 15.7 Å². The molecule has 0 fully saturated rings. The summed E-state index contributed by atoms with van der Waals surface area (Å²) in [4.78, 5) is 21.7. The number of nitrogens with one attached hydrogen (secondary N) is 2. The van der Waals surface area contributed by atoms with Gasteiger partial charge in [0.1, 0.15) is 5.82 Å². The van der Waals surface area contributed by atoms with Crippen LogP contribution in [-0.2, 0) is 4.79 Å². The normalized spacial score (nSPS) is 10.4. The number of carbonyl (C=O) groups excluding carboxylic acids is 1. The first kappa shape index (κ1) is 14.7. The molecule has 0 saturated carbocycles. The zero-order valence-corrected chi connectivity index (χ0v) is 10.4. The SMILES string of the molecule is CCCNC(=O)Nc1ccc(/C=C/C(=O)O)cc1F. The number of amides is 2. The lowest BCUT2D eigenvalue weighted by Crippen LogP contribution is -2.29. The van der Waals surface area contributed by atoms with Crippen LogP contribution in [0.4, 0.5) is 14.9 Å². The van der Waals surface area contributed by atoms with E-state index in [9.17, 15) is 14.0 Å². The van der Waals surface area contributed by atoms with E-state index in [2.05, 4.69) is 10.6 Å². The van der Waals surface area contributed by atoms with Gasteiger partial charge in [-0.25, -0.2) is 14.0 Å². The molecule has 1 rings (SSSR count). The van der Waals surface area contributed by atoms with Crippen molar-refractivity contribution in [1.82, 2.24) is 5.32 Å². The van der Waals surface area contributed by atoms with Gasteiger partial charge in [0.2, 0.25) is 0 Å². The number of aliphatic carboxylic acids is 1. The van der Waals surface area contributed by atoms with Crippen LogP contribution in [0.25, 0.3) is 6.08 Å². The molecule has 3 N–H and O–H groups in total. The molecular weight excluding hydrogens is 251 g/mol. The Morgan fingerprint density at radius 3 is 2.74 bits per heavy atom. The highest BCUT2D eigenvalue weighted by Gasteiger charge is 2.06. The lowest BCUT2D eigenvalue weighted by atomic mass is 10.2. The smallest absolute Gasteiger partial charge is 0.328 e. The van der Waals surface area contributed by atoms with Gasteiger partial charge in [0.25, 0.3) is 0 Å². The summed E-state index contributed by atoms with van der Waals surface area (Å²) in [6.07, 6.45) is 2.97. The molecule has 102 valence electrons. The molecule has 0 radical (unpaired) electrons. The van der Waals surface area contributed by atoms with Gasteiger partial charge in [-0.15, -0.1) is 0 Å². The average molecular weight is 266 g/mol. The van der Waals surface area contributed by atoms with Crippen LogP contribution in [0.15, 0.2) is 24.3 Å². The number of carboxylic acids is 1. The van der Waals surface area contributed by atoms with Crippen molar-refractivity contribution >= 4 is 23.8 Å². The first-order chi connectivity index (χ1) is 9.02. The van der Waals surface area contributed by atoms with E-state index in [0.29, 0.717) is 12.1 Å². The molecule has 0 unspecified atom stereocenters. The van der Waals surface area contributed by atoms with E-state index in [4.69, 9.17) is 5.11 Å². The Kier molecular flexibility index (Phi) is 5.53. The number of halogens is 1. The van der Waals surface area contributed by atoms with Crippen LogP contribution >= 0.6 is 0 Å². The van der Waals surface area contributed by atoms with Crippen molar-refractivity contribution in [3.8, 4) is 0 Å². The zero-order chi connectivity index (χ0) is 14.3. The second kappa shape index (κ2) is 7.15. The van der Waals surface area contributed by atoms with Crippen molar-refractivity contribution in [3.05, 3.63) is 35.7 Å². The molecule has 0 spiro atoms. The summed E-state index contributed by atoms with van der Waals surface area (Å²) >= 11 is 0. The van der Waals surface area contributed by atoms with E-state index in [1.54, 1.807) is 0 Å². The van der Waals surface area contributed by atoms with Gasteiger partial charge in [0, 0.05) is 12.6 Å². The topological polar surface area (TPSA) is 78.4 Å². The van der Waals surface area contributed by atoms with Gasteiger partial charge in [0.05, 0.1) is 5.69 Å². The van der Waals surface area contributed by atoms with Crippen molar-refractivity contribution < 1.29 is 19.1 Å². The molecule has 1 aromatic rings. The summed E-state index contributed by atoms with van der Waals surface area (Å²) in [7, 11) is 0. The third-order valence-electron chi connectivity index (χ3n) is 2.20. The van der Waals surface area contributed by atoms with E-state index in [1.165, 1.54) is 18.2 Å². The van der Waals surface area contributed by atoms with Gasteiger partial charge in [-0.1, -0.05) is 13.0 Å². The molecule has 0 heterocycles. The second-order valence-corrected chi connectivity index (χ2v) is 3.79. The summed E-state index contributed by atoms with van der Waals surface area (Å²) < 4.78 is 13.6. The molecule has 1 aromatic carbocycles. The lowest BCUT2D eigenvalue weighted by Gasteiger charge is -2.08. The van der Waals surface area contributed by atoms with Crippen LogP contribution in [0.1, 0.15) is 18.9 Å². The zero-order valence-electron chi connectivity index (χ0n) is 10.4. The summed E-state index contributed by atoms with van der Waals surface area (Å²) in [5, 5.41) is 13.4. The lowest BCUT2D eigenvalue weighted by molar-refractivity contribution is -0.131. The maximum atomic E-state index is 13.6. The third-order valence-corrected chi connectivity index (χ3v) is 2.20. The molecule has 2 amide bonds. The van der Waals surface area contributed by atoms with Gasteiger partial charge >= 0.3 is 12.0 Å². The molecule has 0 aliphatic heterocycles. The number of benzene rings is 1. The summed E-state index contributed by atoms with van der Waals surface area (Å²) in [5.41, 5.74) is 0.445. The molecule has 0 aliphatic carbocycles. The molecule has 5 nitrogen and oxygen atoms in total. The van der Waals surface area contributed by atoms with Gasteiger partial charge in [0.15, 0.2) is 0 Å². The van der Waals surface area contributed by atoms with Gasteiger partial charge in [-0.2, -0.15) is 0 Å². The molecule has 0 aliphatic rings. The minimum atomic E-state index is -1.11. The highest BCUT2D eigenvalue weighted by atomic mass is 19.1. The number of urea groups is 1. The van der Waals surface area contributed by atoms with Crippen LogP contribution in [0, 0.1) is 5.82 Å². The Morgan fingerprint density at radius 2 is 2.16 bits per heavy atom. The monoisotopic (exact) mass is 266 g/mol. The summed E-state index contributed by atoms with van der Waals surface area (Å²) in [6.45, 7) is 2.41. The largest absolute Gasteiger partial charge is 0.478 e. The first-order valence-electron chi connectivity index (χ1n) is 5.78. The third kappa shape index (κ3) is 5.20. The van der Waals surface area contributed by atoms with Crippen molar-refractivity contribution in [2.45, 2.75) is 13.3 Å². The second-order valence-electron chi connectivity index (χ2n) is 3.79. The van der Waals surface area contributed by atoms with Crippen molar-refractivity contribution in [2.24, 2.45) is 0 Å². The predicted octanol–water partition coefficient (Wildman–Crippen LogP) is 2.46. The Morgan fingerprint density at radius 1 is 1.42 bits per heavy atom. The molecule has 19 heavy (non-hydrogen) atoms. The van der Waals surface area contributed by atoms with Crippen LogP contribution < -0.4 is 10.6 Å². The van der Waals surface area contributed by atoms with Crippen molar-refractivity contribution in [1.29, 1.82) is 0 Å². The molecule has 0 atom stereocenters. The summed E-state index contributed by atoms with van der Waals surface area (Å²) in [6, 6.07) is 3.56. The fraction of sp³-hybridized carbons (Fsp3) is 0.231. The van der Waals surface area contributed by atoms with Crippen LogP contribution in [0.5, 0.6) is 0 Å². The standard InChI is InChI=1S/C13H15FN2O3/c1-2-7-15-13(19)16-11-5-3-9(8-10(11)14)4-6-12(17)18/h3-6,8H,2,7H2,1H3,(H,17,18)(H2,15,16,19)/b6-4+. The minimum Gasteiger partial charge on any atom is -0.478 e. The highest BCUT2D eigenvalue weighted by molar-refractivity contribution is 5.89. The van der Waals surface area contributed by atoms with E-state index in [0.717, 1.165) is 18.6 Å². The quantitative estimate of drug-likeness (QED) is 0.716. The van der Waals surface area contributed by atoms with Crippen molar-refractivity contribution in [3.63, 3.8) is 0 Å². The van der Waals surface area contributed by atoms with E-state index < -0.39 is 17.8 Å². The van der Waals surface area contributed by atoms with Gasteiger partial charge in [-0.05, 0) is 30.2 Å². The van der Waals surface area contributed by atoms with E-state index >= 15 is 0 Å². The molecular formula is C13H15FN2O3. The maximum absolute atomic E-state index is 13.6. The van der Waals surface area contributed by atoms with Crippen LogP contribution in [-0.4, -0.2) is 23.7 Å². The van der Waals surface area contributed by atoms with Crippen molar-refractivity contribution in [2.75, 3.05) is 11.9 Å². The van der Waals surface area contributed by atoms with Gasteiger partial charge in [-0.3, -0.25) is 0 Å². The van der Waals surface area contributed by atoms with Crippen LogP contribution in [0.2, 0.25) is 0 Å². The maximum Gasteiger partial charge on any atom is 0.328 e. The summed E-state index contributed by atoms with van der Waals surface area (Å²) in [5.74, 6) is -1.74. The Bertz CT molecular complexity index is 501. The molecule has 6 heteroatoms. The number of carboxylic acid groups (broad SMARTS) is 1. The number of anilines is 1. The van der Waals surface area contributed by atoms with E-state index in [-0.39, 0.29) is 5.69 Å². The molecule has 0 aromatic heterocycles. The van der Waals surface area contributed by atoms with E-state index in [1.807, 2.05) is 6.92 Å². The van der Waals surface area contributed by atoms with Crippen LogP contribution in [0.3, 0.4) is 0 Å². The first-order valence-corrected chi connectivity index (χ1v) is 5.78.